The molecule has 0 saturated carbocycles. The molecule has 88 valence electrons. The number of hydrogen-bond donors (Lipinski definition) is 0. The van der Waals surface area contributed by atoms with E-state index in [1.54, 1.807) is 24.2 Å². The molecule has 0 N–H and O–H groups in total. The Bertz CT molecular complexity index is 395. The Labute approximate surface area is 94.5 Å². The summed E-state index contributed by atoms with van der Waals surface area (Å²) in [6, 6.07) is 0. The van der Waals surface area contributed by atoms with Crippen LogP contribution in [0.4, 0.5) is 0 Å². The van der Waals surface area contributed by atoms with Crippen LogP contribution in [0.25, 0.3) is 5.70 Å². The number of aryl methyl sites for hydroxylation is 1. The van der Waals surface area contributed by atoms with Crippen LogP contribution in [0.5, 0.6) is 0 Å². The first-order valence-corrected chi connectivity index (χ1v) is 4.99. The molecule has 6 nitrogen and oxygen atoms in total. The minimum Gasteiger partial charge on any atom is -0.461 e. The van der Waals surface area contributed by atoms with E-state index in [0.717, 1.165) is 5.69 Å². The van der Waals surface area contributed by atoms with E-state index < -0.39 is 5.97 Å². The predicted octanol–water partition coefficient (Wildman–Crippen LogP) is 0.510. The highest BCUT2D eigenvalue weighted by Crippen LogP contribution is 2.06. The smallest absolute Gasteiger partial charge is 0.358 e. The highest BCUT2D eigenvalue weighted by Gasteiger charge is 2.14. The quantitative estimate of drug-likeness (QED) is 0.551. The fourth-order valence-corrected chi connectivity index (χ4v) is 1.12. The van der Waals surface area contributed by atoms with E-state index in [-0.39, 0.29) is 0 Å². The van der Waals surface area contributed by atoms with Crippen molar-refractivity contribution in [3.8, 4) is 0 Å². The lowest BCUT2D eigenvalue weighted by molar-refractivity contribution is -0.136. The summed E-state index contributed by atoms with van der Waals surface area (Å²) in [6.45, 7) is 3.90. The second-order valence-corrected chi connectivity index (χ2v) is 3.50. The molecule has 16 heavy (non-hydrogen) atoms. The zero-order valence-electron chi connectivity index (χ0n) is 9.97. The Morgan fingerprint density at radius 1 is 1.62 bits per heavy atom. The normalized spacial score (nSPS) is 11.4. The van der Waals surface area contributed by atoms with Crippen LogP contribution >= 0.6 is 0 Å². The van der Waals surface area contributed by atoms with Crippen molar-refractivity contribution in [1.29, 1.82) is 0 Å². The molecular weight excluding hydrogens is 208 g/mol. The first-order chi connectivity index (χ1) is 7.54. The maximum Gasteiger partial charge on any atom is 0.358 e. The maximum absolute atomic E-state index is 11.7. The first kappa shape index (κ1) is 12.2. The van der Waals surface area contributed by atoms with Crippen molar-refractivity contribution in [1.82, 2.24) is 19.9 Å². The summed E-state index contributed by atoms with van der Waals surface area (Å²) in [5, 5.41) is 7.68. The summed E-state index contributed by atoms with van der Waals surface area (Å²) in [7, 11) is 3.64. The van der Waals surface area contributed by atoms with Gasteiger partial charge in [-0.25, -0.2) is 9.48 Å². The molecule has 1 rings (SSSR count). The van der Waals surface area contributed by atoms with Gasteiger partial charge in [-0.2, -0.15) is 0 Å². The predicted molar refractivity (Wildman–Crippen MR) is 59.4 cm³/mol. The first-order valence-electron chi connectivity index (χ1n) is 4.99. The fourth-order valence-electron chi connectivity index (χ4n) is 1.12. The molecule has 0 bridgehead atoms. The number of carbonyl (C=O) groups excluding carboxylic acids is 1. The lowest BCUT2D eigenvalue weighted by Gasteiger charge is -2.10. The average molecular weight is 224 g/mol. The highest BCUT2D eigenvalue weighted by atomic mass is 16.5. The lowest BCUT2D eigenvalue weighted by atomic mass is 10.4. The number of hydrogen-bond acceptors (Lipinski definition) is 5. The van der Waals surface area contributed by atoms with Crippen molar-refractivity contribution in [2.75, 3.05) is 20.7 Å². The molecule has 1 aromatic rings. The summed E-state index contributed by atoms with van der Waals surface area (Å²) in [4.78, 5) is 13.4. The van der Waals surface area contributed by atoms with Crippen molar-refractivity contribution in [3.05, 3.63) is 18.1 Å². The molecule has 0 amide bonds. The molecule has 0 spiro atoms. The monoisotopic (exact) mass is 224 g/mol. The fraction of sp³-hybridized carbons (Fsp3) is 0.500. The third-order valence-electron chi connectivity index (χ3n) is 1.72. The second-order valence-electron chi connectivity index (χ2n) is 3.50. The Morgan fingerprint density at radius 3 is 2.75 bits per heavy atom. The molecule has 0 aliphatic rings. The van der Waals surface area contributed by atoms with E-state index in [1.807, 2.05) is 21.0 Å². The number of aromatic nitrogens is 3. The SMILES string of the molecule is CCOC(=O)C(=CN(C)C)n1cc(C)nn1. The number of esters is 1. The molecule has 0 aromatic carbocycles. The minimum absolute atomic E-state index is 0.331. The van der Waals surface area contributed by atoms with Gasteiger partial charge in [-0.15, -0.1) is 5.10 Å². The third kappa shape index (κ3) is 3.08. The number of nitrogens with zero attached hydrogens (tertiary/aromatic N) is 4. The number of ether oxygens (including phenoxy) is 1. The van der Waals surface area contributed by atoms with E-state index in [0.29, 0.717) is 12.3 Å². The zero-order valence-corrected chi connectivity index (χ0v) is 9.97. The molecule has 0 radical (unpaired) electrons. The Morgan fingerprint density at radius 2 is 2.31 bits per heavy atom. The van der Waals surface area contributed by atoms with E-state index in [9.17, 15) is 4.79 Å². The third-order valence-corrected chi connectivity index (χ3v) is 1.72. The van der Waals surface area contributed by atoms with Gasteiger partial charge < -0.3 is 9.64 Å². The van der Waals surface area contributed by atoms with Gasteiger partial charge in [-0.1, -0.05) is 5.21 Å². The minimum atomic E-state index is -0.416. The maximum atomic E-state index is 11.7. The number of carbonyl (C=O) groups is 1. The Hall–Kier alpha value is -1.85. The molecule has 1 heterocycles. The van der Waals surface area contributed by atoms with Gasteiger partial charge in [0.15, 0.2) is 5.70 Å². The molecular formula is C10H16N4O2. The topological polar surface area (TPSA) is 60.2 Å². The average Bonchev–Trinajstić information content (AvgIpc) is 2.61. The van der Waals surface area contributed by atoms with Crippen molar-refractivity contribution < 1.29 is 9.53 Å². The summed E-state index contributed by atoms with van der Waals surface area (Å²) < 4.78 is 6.36. The van der Waals surface area contributed by atoms with Crippen molar-refractivity contribution in [3.63, 3.8) is 0 Å². The van der Waals surface area contributed by atoms with Crippen LogP contribution in [0.15, 0.2) is 12.4 Å². The van der Waals surface area contributed by atoms with Crippen LogP contribution in [0, 0.1) is 6.92 Å². The van der Waals surface area contributed by atoms with Crippen molar-refractivity contribution in [2.24, 2.45) is 0 Å². The van der Waals surface area contributed by atoms with Gasteiger partial charge in [0.2, 0.25) is 0 Å². The van der Waals surface area contributed by atoms with E-state index in [4.69, 9.17) is 4.74 Å². The van der Waals surface area contributed by atoms with Crippen LogP contribution in [0.2, 0.25) is 0 Å². The van der Waals surface area contributed by atoms with Crippen molar-refractivity contribution >= 4 is 11.7 Å². The van der Waals surface area contributed by atoms with Gasteiger partial charge in [-0.05, 0) is 13.8 Å². The largest absolute Gasteiger partial charge is 0.461 e. The van der Waals surface area contributed by atoms with Gasteiger partial charge in [0.25, 0.3) is 0 Å². The van der Waals surface area contributed by atoms with Crippen LogP contribution in [-0.4, -0.2) is 46.6 Å². The molecule has 1 aromatic heterocycles. The van der Waals surface area contributed by atoms with Crippen LogP contribution < -0.4 is 0 Å². The van der Waals surface area contributed by atoms with Gasteiger partial charge in [0.1, 0.15) is 0 Å². The van der Waals surface area contributed by atoms with Crippen LogP contribution in [0.3, 0.4) is 0 Å². The van der Waals surface area contributed by atoms with Gasteiger partial charge in [-0.3, -0.25) is 0 Å². The molecule has 6 heteroatoms. The van der Waals surface area contributed by atoms with E-state index >= 15 is 0 Å². The van der Waals surface area contributed by atoms with E-state index in [2.05, 4.69) is 10.3 Å². The summed E-state index contributed by atoms with van der Waals surface area (Å²) in [6.07, 6.45) is 3.32. The summed E-state index contributed by atoms with van der Waals surface area (Å²) in [5.41, 5.74) is 1.08. The molecule has 0 aliphatic carbocycles. The molecule has 0 fully saturated rings. The summed E-state index contributed by atoms with van der Waals surface area (Å²) >= 11 is 0. The van der Waals surface area contributed by atoms with Crippen LogP contribution in [0.1, 0.15) is 12.6 Å². The lowest BCUT2D eigenvalue weighted by Crippen LogP contribution is -2.16. The summed E-state index contributed by atoms with van der Waals surface area (Å²) in [5.74, 6) is -0.416. The van der Waals surface area contributed by atoms with Crippen molar-refractivity contribution in [2.45, 2.75) is 13.8 Å². The molecule has 0 atom stereocenters. The second kappa shape index (κ2) is 5.29. The Kier molecular flexibility index (Phi) is 4.04. The van der Waals surface area contributed by atoms with Crippen LogP contribution in [-0.2, 0) is 9.53 Å². The van der Waals surface area contributed by atoms with Gasteiger partial charge >= 0.3 is 5.97 Å². The standard InChI is InChI=1S/C10H16N4O2/c1-5-16-10(15)9(7-13(3)4)14-6-8(2)11-12-14/h6-7H,5H2,1-4H3. The molecule has 0 saturated heterocycles. The molecule has 0 aliphatic heterocycles. The van der Waals surface area contributed by atoms with Gasteiger partial charge in [0, 0.05) is 20.3 Å². The highest BCUT2D eigenvalue weighted by molar-refractivity contribution is 6.09. The number of rotatable bonds is 4. The van der Waals surface area contributed by atoms with Gasteiger partial charge in [0.05, 0.1) is 18.5 Å². The Balaban J connectivity index is 3.01. The zero-order chi connectivity index (χ0) is 12.1. The van der Waals surface area contributed by atoms with E-state index in [1.165, 1.54) is 4.68 Å². The molecule has 0 unspecified atom stereocenters.